The van der Waals surface area contributed by atoms with E-state index in [9.17, 15) is 13.9 Å². The molecule has 0 amide bonds. The Hall–Kier alpha value is -1.75. The highest BCUT2D eigenvalue weighted by Gasteiger charge is 2.14. The minimum Gasteiger partial charge on any atom is -0.386 e. The van der Waals surface area contributed by atoms with Crippen molar-refractivity contribution >= 4 is 0 Å². The largest absolute Gasteiger partial charge is 0.386 e. The van der Waals surface area contributed by atoms with Gasteiger partial charge in [-0.15, -0.1) is 0 Å². The number of aliphatic hydroxyl groups is 1. The first-order chi connectivity index (χ1) is 8.06. The first kappa shape index (κ1) is 11.7. The molecule has 0 bridgehead atoms. The highest BCUT2D eigenvalue weighted by atomic mass is 19.1. The summed E-state index contributed by atoms with van der Waals surface area (Å²) < 4.78 is 27.7. The van der Waals surface area contributed by atoms with Crippen molar-refractivity contribution in [2.75, 3.05) is 0 Å². The predicted molar refractivity (Wildman–Crippen MR) is 58.2 cm³/mol. The summed E-state index contributed by atoms with van der Waals surface area (Å²) in [6.45, 7) is 0. The van der Waals surface area contributed by atoms with Crippen LogP contribution in [0.5, 0.6) is 0 Å². The lowest BCUT2D eigenvalue weighted by Crippen LogP contribution is -2.04. The molecule has 2 aromatic rings. The molecule has 1 atom stereocenters. The minimum atomic E-state index is -0.892. The second-order valence-electron chi connectivity index (χ2n) is 3.92. The van der Waals surface area contributed by atoms with E-state index in [1.807, 2.05) is 0 Å². The molecule has 1 N–H and O–H groups in total. The smallest absolute Gasteiger partial charge is 0.129 e. The van der Waals surface area contributed by atoms with Gasteiger partial charge in [0.1, 0.15) is 17.7 Å². The summed E-state index contributed by atoms with van der Waals surface area (Å²) in [7, 11) is 1.78. The second kappa shape index (κ2) is 4.63. The number of aryl methyl sites for hydroxylation is 1. The molecule has 0 aliphatic rings. The zero-order valence-electron chi connectivity index (χ0n) is 9.27. The Morgan fingerprint density at radius 3 is 2.76 bits per heavy atom. The summed E-state index contributed by atoms with van der Waals surface area (Å²) in [6, 6.07) is 3.31. The van der Waals surface area contributed by atoms with Crippen LogP contribution in [-0.2, 0) is 13.5 Å². The third-order valence-electron chi connectivity index (χ3n) is 2.49. The van der Waals surface area contributed by atoms with Crippen LogP contribution in [0.4, 0.5) is 8.78 Å². The van der Waals surface area contributed by atoms with Gasteiger partial charge in [-0.1, -0.05) is 6.07 Å². The lowest BCUT2D eigenvalue weighted by atomic mass is 10.1. The van der Waals surface area contributed by atoms with Crippen molar-refractivity contribution < 1.29 is 13.9 Å². The summed E-state index contributed by atoms with van der Waals surface area (Å²) in [6.07, 6.45) is 2.39. The summed E-state index contributed by atoms with van der Waals surface area (Å²) in [5.74, 6) is -1.28. The maximum Gasteiger partial charge on any atom is 0.129 e. The minimum absolute atomic E-state index is 0.0725. The number of hydrogen-bond donors (Lipinski definition) is 1. The normalized spacial score (nSPS) is 12.7. The van der Waals surface area contributed by atoms with Crippen LogP contribution >= 0.6 is 0 Å². The Morgan fingerprint density at radius 2 is 2.18 bits per heavy atom. The molecule has 1 unspecified atom stereocenters. The average Bonchev–Trinajstić information content (AvgIpc) is 2.69. The van der Waals surface area contributed by atoms with Crippen molar-refractivity contribution in [2.24, 2.45) is 7.05 Å². The monoisotopic (exact) mass is 238 g/mol. The number of benzene rings is 1. The predicted octanol–water partition coefficient (Wildman–Crippen LogP) is 1.97. The lowest BCUT2D eigenvalue weighted by Gasteiger charge is -2.08. The van der Waals surface area contributed by atoms with Gasteiger partial charge in [0, 0.05) is 25.7 Å². The van der Waals surface area contributed by atoms with E-state index in [0.29, 0.717) is 5.69 Å². The Balaban J connectivity index is 2.15. The number of nitrogens with zero attached hydrogens (tertiary/aromatic N) is 2. The topological polar surface area (TPSA) is 38.0 Å². The molecule has 1 heterocycles. The van der Waals surface area contributed by atoms with E-state index in [1.165, 1.54) is 12.1 Å². The van der Waals surface area contributed by atoms with E-state index >= 15 is 0 Å². The molecule has 0 saturated heterocycles. The maximum atomic E-state index is 13.4. The van der Waals surface area contributed by atoms with Crippen molar-refractivity contribution in [1.29, 1.82) is 0 Å². The number of aliphatic hydroxyl groups excluding tert-OH is 1. The zero-order chi connectivity index (χ0) is 12.4. The fourth-order valence-electron chi connectivity index (χ4n) is 1.61. The molecule has 3 nitrogen and oxygen atoms in total. The van der Waals surface area contributed by atoms with Gasteiger partial charge in [-0.05, 0) is 11.6 Å². The van der Waals surface area contributed by atoms with E-state index in [2.05, 4.69) is 4.98 Å². The van der Waals surface area contributed by atoms with Crippen molar-refractivity contribution in [3.05, 3.63) is 53.6 Å². The summed E-state index contributed by atoms with van der Waals surface area (Å²) in [5, 5.41) is 9.84. The van der Waals surface area contributed by atoms with Crippen molar-refractivity contribution in [3.8, 4) is 0 Å². The molecule has 5 heteroatoms. The Kier molecular flexibility index (Phi) is 3.19. The molecule has 2 rings (SSSR count). The number of rotatable bonds is 3. The van der Waals surface area contributed by atoms with Gasteiger partial charge in [-0.25, -0.2) is 13.8 Å². The van der Waals surface area contributed by atoms with E-state index in [4.69, 9.17) is 0 Å². The van der Waals surface area contributed by atoms with E-state index in [-0.39, 0.29) is 12.0 Å². The van der Waals surface area contributed by atoms with E-state index < -0.39 is 17.7 Å². The first-order valence-corrected chi connectivity index (χ1v) is 5.16. The Morgan fingerprint density at radius 1 is 1.41 bits per heavy atom. The summed E-state index contributed by atoms with van der Waals surface area (Å²) in [5.41, 5.74) is 0.737. The Labute approximate surface area is 97.3 Å². The van der Waals surface area contributed by atoms with Gasteiger partial charge in [0.15, 0.2) is 0 Å². The molecule has 0 saturated carbocycles. The third kappa shape index (κ3) is 2.68. The van der Waals surface area contributed by atoms with Crippen LogP contribution in [0.2, 0.25) is 0 Å². The van der Waals surface area contributed by atoms with Gasteiger partial charge in [-0.3, -0.25) is 0 Å². The van der Waals surface area contributed by atoms with Gasteiger partial charge in [0.2, 0.25) is 0 Å². The molecule has 17 heavy (non-hydrogen) atoms. The molecular weight excluding hydrogens is 226 g/mol. The molecule has 0 spiro atoms. The summed E-state index contributed by atoms with van der Waals surface area (Å²) in [4.78, 5) is 3.98. The maximum absolute atomic E-state index is 13.4. The quantitative estimate of drug-likeness (QED) is 0.887. The average molecular weight is 238 g/mol. The number of halogens is 2. The van der Waals surface area contributed by atoms with Crippen molar-refractivity contribution in [3.63, 3.8) is 0 Å². The van der Waals surface area contributed by atoms with Crippen LogP contribution in [0.1, 0.15) is 17.4 Å². The summed E-state index contributed by atoms with van der Waals surface area (Å²) >= 11 is 0. The highest BCUT2D eigenvalue weighted by molar-refractivity contribution is 5.20. The van der Waals surface area contributed by atoms with Crippen LogP contribution in [-0.4, -0.2) is 14.7 Å². The standard InChI is InChI=1S/C12H12F2N2O/c1-16-6-11(15-7-16)12(17)4-8-2-3-9(13)5-10(8)14/h2-3,5-7,12,17H,4H2,1H3. The van der Waals surface area contributed by atoms with Crippen molar-refractivity contribution in [1.82, 2.24) is 9.55 Å². The van der Waals surface area contributed by atoms with Crippen molar-refractivity contribution in [2.45, 2.75) is 12.5 Å². The SMILES string of the molecule is Cn1cnc(C(O)Cc2ccc(F)cc2F)c1. The molecule has 90 valence electrons. The lowest BCUT2D eigenvalue weighted by molar-refractivity contribution is 0.172. The number of imidazole rings is 1. The van der Waals surface area contributed by atoms with Crippen LogP contribution in [0.3, 0.4) is 0 Å². The van der Waals surface area contributed by atoms with Gasteiger partial charge in [0.25, 0.3) is 0 Å². The number of aromatic nitrogens is 2. The third-order valence-corrected chi connectivity index (χ3v) is 2.49. The van der Waals surface area contributed by atoms with Gasteiger partial charge in [-0.2, -0.15) is 0 Å². The van der Waals surface area contributed by atoms with Gasteiger partial charge >= 0.3 is 0 Å². The first-order valence-electron chi connectivity index (χ1n) is 5.16. The van der Waals surface area contributed by atoms with Gasteiger partial charge < -0.3 is 9.67 Å². The number of hydrogen-bond acceptors (Lipinski definition) is 2. The van der Waals surface area contributed by atoms with Crippen LogP contribution < -0.4 is 0 Å². The molecule has 0 radical (unpaired) electrons. The van der Waals surface area contributed by atoms with Gasteiger partial charge in [0.05, 0.1) is 12.0 Å². The molecule has 0 aliphatic heterocycles. The van der Waals surface area contributed by atoms with E-state index in [0.717, 1.165) is 6.07 Å². The second-order valence-corrected chi connectivity index (χ2v) is 3.92. The fourth-order valence-corrected chi connectivity index (χ4v) is 1.61. The Bertz CT molecular complexity index is 525. The van der Waals surface area contributed by atoms with Crippen LogP contribution in [0.15, 0.2) is 30.7 Å². The zero-order valence-corrected chi connectivity index (χ0v) is 9.27. The highest BCUT2D eigenvalue weighted by Crippen LogP contribution is 2.19. The molecule has 0 fully saturated rings. The molecule has 1 aromatic carbocycles. The molecule has 1 aromatic heterocycles. The molecule has 0 aliphatic carbocycles. The van der Waals surface area contributed by atoms with E-state index in [1.54, 1.807) is 24.1 Å². The van der Waals surface area contributed by atoms with Crippen LogP contribution in [0, 0.1) is 11.6 Å². The fraction of sp³-hybridized carbons (Fsp3) is 0.250. The molecular formula is C12H12F2N2O. The van der Waals surface area contributed by atoms with Crippen LogP contribution in [0.25, 0.3) is 0 Å².